The molecule has 1 saturated heterocycles. The number of nitrogens with zero attached hydrogens (tertiary/aromatic N) is 2. The summed E-state index contributed by atoms with van der Waals surface area (Å²) >= 11 is 0. The van der Waals surface area contributed by atoms with Crippen LogP contribution in [0.2, 0.25) is 0 Å². The lowest BCUT2D eigenvalue weighted by molar-refractivity contribution is 0.117. The Hall–Kier alpha value is -0.820. The van der Waals surface area contributed by atoms with E-state index in [1.165, 1.54) is 18.4 Å². The van der Waals surface area contributed by atoms with Crippen molar-refractivity contribution in [2.45, 2.75) is 46.1 Å². The van der Waals surface area contributed by atoms with Gasteiger partial charge in [0.1, 0.15) is 0 Å². The van der Waals surface area contributed by atoms with Crippen molar-refractivity contribution in [3.05, 3.63) is 35.9 Å². The number of likely N-dealkylation sites (tertiary alicyclic amines) is 1. The Bertz CT molecular complexity index is 473. The van der Waals surface area contributed by atoms with E-state index in [9.17, 15) is 0 Å². The Labute approximate surface area is 170 Å². The van der Waals surface area contributed by atoms with Gasteiger partial charge in [-0.05, 0) is 44.1 Å². The van der Waals surface area contributed by atoms with E-state index in [0.717, 1.165) is 57.5 Å². The molecule has 0 aliphatic carbocycles. The summed E-state index contributed by atoms with van der Waals surface area (Å²) in [6.07, 6.45) is 4.69. The van der Waals surface area contributed by atoms with E-state index in [0.29, 0.717) is 6.61 Å². The molecule has 2 rings (SSSR count). The fourth-order valence-corrected chi connectivity index (χ4v) is 2.91. The molecular weight excluding hydrogens is 425 g/mol. The van der Waals surface area contributed by atoms with Crippen molar-refractivity contribution < 1.29 is 4.74 Å². The first-order chi connectivity index (χ1) is 11.8. The molecule has 0 saturated carbocycles. The van der Waals surface area contributed by atoms with Gasteiger partial charge in [-0.25, -0.2) is 0 Å². The number of benzene rings is 1. The van der Waals surface area contributed by atoms with Crippen LogP contribution in [-0.4, -0.2) is 43.6 Å². The lowest BCUT2D eigenvalue weighted by atomic mass is 10.00. The maximum absolute atomic E-state index is 5.73. The number of nitrogens with one attached hydrogen (secondary N) is 1. The number of aliphatic imine (C=N–C) groups is 1. The Morgan fingerprint density at radius 1 is 1.20 bits per heavy atom. The molecule has 1 aromatic rings. The van der Waals surface area contributed by atoms with E-state index in [1.807, 2.05) is 6.07 Å². The molecular formula is C20H34IN3O. The quantitative estimate of drug-likeness (QED) is 0.273. The van der Waals surface area contributed by atoms with Gasteiger partial charge in [0.2, 0.25) is 0 Å². The molecule has 0 aromatic heterocycles. The van der Waals surface area contributed by atoms with Gasteiger partial charge in [-0.1, -0.05) is 37.3 Å². The molecule has 0 bridgehead atoms. The maximum atomic E-state index is 5.73. The van der Waals surface area contributed by atoms with Crippen molar-refractivity contribution in [3.63, 3.8) is 0 Å². The first-order valence-corrected chi connectivity index (χ1v) is 9.44. The normalized spacial score (nSPS) is 15.8. The van der Waals surface area contributed by atoms with Crippen LogP contribution >= 0.6 is 24.0 Å². The molecule has 1 aromatic carbocycles. The number of unbranched alkanes of at least 4 members (excludes halogenated alkanes) is 1. The molecule has 0 radical (unpaired) electrons. The zero-order chi connectivity index (χ0) is 17.0. The first kappa shape index (κ1) is 22.2. The Kier molecular flexibility index (Phi) is 11.9. The van der Waals surface area contributed by atoms with Crippen molar-refractivity contribution in [1.29, 1.82) is 0 Å². The number of hydrogen-bond acceptors (Lipinski definition) is 2. The van der Waals surface area contributed by atoms with Crippen LogP contribution in [0.3, 0.4) is 0 Å². The van der Waals surface area contributed by atoms with Crippen LogP contribution in [0, 0.1) is 5.92 Å². The molecule has 5 heteroatoms. The van der Waals surface area contributed by atoms with Gasteiger partial charge in [0.25, 0.3) is 0 Å². The van der Waals surface area contributed by atoms with Gasteiger partial charge in [-0.2, -0.15) is 0 Å². The van der Waals surface area contributed by atoms with E-state index in [4.69, 9.17) is 9.73 Å². The largest absolute Gasteiger partial charge is 0.377 e. The van der Waals surface area contributed by atoms with Crippen LogP contribution in [0.1, 0.15) is 45.1 Å². The molecule has 0 spiro atoms. The van der Waals surface area contributed by atoms with Gasteiger partial charge in [0.05, 0.1) is 6.61 Å². The average Bonchev–Trinajstić information content (AvgIpc) is 2.61. The van der Waals surface area contributed by atoms with Crippen LogP contribution in [0.15, 0.2) is 35.3 Å². The first-order valence-electron chi connectivity index (χ1n) is 9.44. The molecule has 0 unspecified atom stereocenters. The van der Waals surface area contributed by atoms with E-state index in [1.54, 1.807) is 0 Å². The predicted molar refractivity (Wildman–Crippen MR) is 117 cm³/mol. The Balaban J connectivity index is 0.00000312. The molecule has 25 heavy (non-hydrogen) atoms. The molecule has 0 atom stereocenters. The van der Waals surface area contributed by atoms with Crippen molar-refractivity contribution >= 4 is 29.9 Å². The lowest BCUT2D eigenvalue weighted by Gasteiger charge is -2.33. The van der Waals surface area contributed by atoms with Crippen molar-refractivity contribution in [3.8, 4) is 0 Å². The van der Waals surface area contributed by atoms with Gasteiger partial charge < -0.3 is 15.0 Å². The highest BCUT2D eigenvalue weighted by atomic mass is 127. The minimum absolute atomic E-state index is 0. The Morgan fingerprint density at radius 2 is 1.92 bits per heavy atom. The van der Waals surface area contributed by atoms with Gasteiger partial charge in [-0.3, -0.25) is 4.99 Å². The van der Waals surface area contributed by atoms with Crippen LogP contribution in [0.5, 0.6) is 0 Å². The summed E-state index contributed by atoms with van der Waals surface area (Å²) in [5, 5.41) is 3.44. The van der Waals surface area contributed by atoms with Crippen LogP contribution in [0.4, 0.5) is 0 Å². The smallest absolute Gasteiger partial charge is 0.193 e. The Morgan fingerprint density at radius 3 is 2.60 bits per heavy atom. The highest BCUT2D eigenvalue weighted by Gasteiger charge is 2.18. The van der Waals surface area contributed by atoms with Gasteiger partial charge >= 0.3 is 0 Å². The minimum atomic E-state index is 0. The molecule has 142 valence electrons. The van der Waals surface area contributed by atoms with E-state index in [-0.39, 0.29) is 24.0 Å². The molecule has 1 aliphatic heterocycles. The average molecular weight is 459 g/mol. The third-order valence-corrected chi connectivity index (χ3v) is 4.49. The molecule has 1 heterocycles. The van der Waals surface area contributed by atoms with Crippen molar-refractivity contribution in [2.75, 3.05) is 32.8 Å². The predicted octanol–water partition coefficient (Wildman–Crippen LogP) is 4.30. The summed E-state index contributed by atoms with van der Waals surface area (Å²) in [5.74, 6) is 1.94. The SMILES string of the molecule is CCNC(=NCCCCOCc1ccccc1)N1CCC(C)CC1.I. The number of piperidine rings is 1. The summed E-state index contributed by atoms with van der Waals surface area (Å²) in [4.78, 5) is 7.21. The number of guanidine groups is 1. The topological polar surface area (TPSA) is 36.9 Å². The van der Waals surface area contributed by atoms with Crippen LogP contribution < -0.4 is 5.32 Å². The zero-order valence-electron chi connectivity index (χ0n) is 15.7. The van der Waals surface area contributed by atoms with Crippen molar-refractivity contribution in [2.24, 2.45) is 10.9 Å². The summed E-state index contributed by atoms with van der Waals surface area (Å²) in [5.41, 5.74) is 1.24. The van der Waals surface area contributed by atoms with E-state index in [2.05, 4.69) is 48.3 Å². The number of rotatable bonds is 8. The minimum Gasteiger partial charge on any atom is -0.377 e. The lowest BCUT2D eigenvalue weighted by Crippen LogP contribution is -2.45. The molecule has 4 nitrogen and oxygen atoms in total. The second-order valence-corrected chi connectivity index (χ2v) is 6.65. The van der Waals surface area contributed by atoms with E-state index < -0.39 is 0 Å². The van der Waals surface area contributed by atoms with Gasteiger partial charge in [-0.15, -0.1) is 24.0 Å². The molecule has 1 aliphatic rings. The number of halogens is 1. The standard InChI is InChI=1S/C20H33N3O.HI/c1-3-21-20(23-14-11-18(2)12-15-23)22-13-7-8-16-24-17-19-9-5-4-6-10-19;/h4-6,9-10,18H,3,7-8,11-17H2,1-2H3,(H,21,22);1H. The fraction of sp³-hybridized carbons (Fsp3) is 0.650. The second kappa shape index (κ2) is 13.4. The molecule has 1 N–H and O–H groups in total. The highest BCUT2D eigenvalue weighted by molar-refractivity contribution is 14.0. The summed E-state index contributed by atoms with van der Waals surface area (Å²) in [7, 11) is 0. The third kappa shape index (κ3) is 8.90. The van der Waals surface area contributed by atoms with Crippen LogP contribution in [0.25, 0.3) is 0 Å². The monoisotopic (exact) mass is 459 g/mol. The van der Waals surface area contributed by atoms with Crippen molar-refractivity contribution in [1.82, 2.24) is 10.2 Å². The number of ether oxygens (including phenoxy) is 1. The van der Waals surface area contributed by atoms with Gasteiger partial charge in [0, 0.05) is 32.8 Å². The van der Waals surface area contributed by atoms with E-state index >= 15 is 0 Å². The fourth-order valence-electron chi connectivity index (χ4n) is 2.91. The summed E-state index contributed by atoms with van der Waals surface area (Å²) in [6, 6.07) is 10.3. The second-order valence-electron chi connectivity index (χ2n) is 6.65. The maximum Gasteiger partial charge on any atom is 0.193 e. The summed E-state index contributed by atoms with van der Waals surface area (Å²) in [6.45, 7) is 10.1. The molecule has 0 amide bonds. The third-order valence-electron chi connectivity index (χ3n) is 4.49. The van der Waals surface area contributed by atoms with Crippen LogP contribution in [-0.2, 0) is 11.3 Å². The highest BCUT2D eigenvalue weighted by Crippen LogP contribution is 2.15. The summed E-state index contributed by atoms with van der Waals surface area (Å²) < 4.78 is 5.73. The molecule has 1 fully saturated rings. The van der Waals surface area contributed by atoms with Gasteiger partial charge in [0.15, 0.2) is 5.96 Å². The number of hydrogen-bond donors (Lipinski definition) is 1. The zero-order valence-corrected chi connectivity index (χ0v) is 18.1.